The standard InChI is InChI=1S/C14H26N6O/c1-4-14(2,21)10-16-12-17-11(15-3)18-13(19-12)20-8-6-5-7-9-20/h21H,4-10H2,1-3H3,(H2,15,16,17,18,19). The third-order valence-electron chi connectivity index (χ3n) is 3.88. The lowest BCUT2D eigenvalue weighted by Gasteiger charge is -2.27. The van der Waals surface area contributed by atoms with Crippen molar-refractivity contribution in [3.05, 3.63) is 0 Å². The summed E-state index contributed by atoms with van der Waals surface area (Å²) in [6.45, 7) is 6.13. The van der Waals surface area contributed by atoms with Gasteiger partial charge in [0.25, 0.3) is 0 Å². The highest BCUT2D eigenvalue weighted by molar-refractivity contribution is 5.43. The minimum Gasteiger partial charge on any atom is -0.388 e. The Balaban J connectivity index is 2.13. The minimum atomic E-state index is -0.766. The van der Waals surface area contributed by atoms with E-state index in [0.29, 0.717) is 30.8 Å². The molecule has 3 N–H and O–H groups in total. The highest BCUT2D eigenvalue weighted by Crippen LogP contribution is 2.19. The summed E-state index contributed by atoms with van der Waals surface area (Å²) >= 11 is 0. The first-order chi connectivity index (χ1) is 10.0. The van der Waals surface area contributed by atoms with E-state index in [-0.39, 0.29) is 0 Å². The Morgan fingerprint density at radius 2 is 1.81 bits per heavy atom. The second-order valence-electron chi connectivity index (χ2n) is 5.78. The van der Waals surface area contributed by atoms with Crippen molar-refractivity contribution in [2.45, 2.75) is 45.1 Å². The van der Waals surface area contributed by atoms with Gasteiger partial charge in [0.2, 0.25) is 17.8 Å². The van der Waals surface area contributed by atoms with Crippen molar-refractivity contribution in [3.63, 3.8) is 0 Å². The third kappa shape index (κ3) is 4.42. The number of rotatable bonds is 6. The van der Waals surface area contributed by atoms with Crippen LogP contribution in [0.1, 0.15) is 39.5 Å². The van der Waals surface area contributed by atoms with Crippen LogP contribution in [0, 0.1) is 0 Å². The molecule has 1 aromatic heterocycles. The first-order valence-corrected chi connectivity index (χ1v) is 7.69. The molecule has 1 saturated heterocycles. The summed E-state index contributed by atoms with van der Waals surface area (Å²) in [5.74, 6) is 1.75. The van der Waals surface area contributed by atoms with E-state index in [0.717, 1.165) is 13.1 Å². The van der Waals surface area contributed by atoms with Crippen molar-refractivity contribution in [3.8, 4) is 0 Å². The molecular formula is C14H26N6O. The molecule has 21 heavy (non-hydrogen) atoms. The van der Waals surface area contributed by atoms with Gasteiger partial charge in [0.15, 0.2) is 0 Å². The van der Waals surface area contributed by atoms with Crippen LogP contribution in [0.25, 0.3) is 0 Å². The van der Waals surface area contributed by atoms with Crippen LogP contribution in [-0.4, -0.2) is 52.3 Å². The fourth-order valence-electron chi connectivity index (χ4n) is 2.19. The molecule has 7 nitrogen and oxygen atoms in total. The highest BCUT2D eigenvalue weighted by atomic mass is 16.3. The maximum absolute atomic E-state index is 10.1. The van der Waals surface area contributed by atoms with Crippen LogP contribution >= 0.6 is 0 Å². The van der Waals surface area contributed by atoms with Crippen molar-refractivity contribution in [1.82, 2.24) is 15.0 Å². The number of aromatic nitrogens is 3. The van der Waals surface area contributed by atoms with Crippen LogP contribution < -0.4 is 15.5 Å². The smallest absolute Gasteiger partial charge is 0.231 e. The zero-order valence-electron chi connectivity index (χ0n) is 13.2. The largest absolute Gasteiger partial charge is 0.388 e. The van der Waals surface area contributed by atoms with Gasteiger partial charge in [-0.25, -0.2) is 0 Å². The summed E-state index contributed by atoms with van der Waals surface area (Å²) in [5.41, 5.74) is -0.766. The fourth-order valence-corrected chi connectivity index (χ4v) is 2.19. The highest BCUT2D eigenvalue weighted by Gasteiger charge is 2.19. The molecule has 2 heterocycles. The average molecular weight is 294 g/mol. The molecule has 0 spiro atoms. The van der Waals surface area contributed by atoms with Crippen LogP contribution in [0.2, 0.25) is 0 Å². The number of piperidine rings is 1. The van der Waals surface area contributed by atoms with Gasteiger partial charge in [-0.1, -0.05) is 6.92 Å². The molecule has 0 aromatic carbocycles. The average Bonchev–Trinajstić information content (AvgIpc) is 2.53. The second-order valence-corrected chi connectivity index (χ2v) is 5.78. The monoisotopic (exact) mass is 294 g/mol. The van der Waals surface area contributed by atoms with Gasteiger partial charge in [0.05, 0.1) is 5.60 Å². The molecule has 118 valence electrons. The number of nitrogens with one attached hydrogen (secondary N) is 2. The summed E-state index contributed by atoms with van der Waals surface area (Å²) in [5, 5.41) is 16.1. The number of nitrogens with zero attached hydrogens (tertiary/aromatic N) is 4. The molecule has 1 unspecified atom stereocenters. The Bertz CT molecular complexity index is 459. The van der Waals surface area contributed by atoms with Crippen LogP contribution in [0.3, 0.4) is 0 Å². The molecule has 2 rings (SSSR count). The number of anilines is 3. The second kappa shape index (κ2) is 6.89. The Kier molecular flexibility index (Phi) is 5.17. The molecule has 0 bridgehead atoms. The van der Waals surface area contributed by atoms with E-state index < -0.39 is 5.60 Å². The first-order valence-electron chi connectivity index (χ1n) is 7.69. The molecule has 1 aliphatic rings. The van der Waals surface area contributed by atoms with Gasteiger partial charge in [-0.3, -0.25) is 0 Å². The summed E-state index contributed by atoms with van der Waals surface area (Å²) in [7, 11) is 1.79. The molecule has 0 radical (unpaired) electrons. The predicted octanol–water partition coefficient (Wildman–Crippen LogP) is 1.48. The van der Waals surface area contributed by atoms with E-state index in [4.69, 9.17) is 0 Å². The van der Waals surface area contributed by atoms with Crippen LogP contribution in [-0.2, 0) is 0 Å². The van der Waals surface area contributed by atoms with Gasteiger partial charge < -0.3 is 20.6 Å². The lowest BCUT2D eigenvalue weighted by Crippen LogP contribution is -2.34. The van der Waals surface area contributed by atoms with E-state index >= 15 is 0 Å². The van der Waals surface area contributed by atoms with Crippen molar-refractivity contribution >= 4 is 17.8 Å². The first kappa shape index (κ1) is 15.8. The quantitative estimate of drug-likeness (QED) is 0.732. The summed E-state index contributed by atoms with van der Waals surface area (Å²) in [4.78, 5) is 15.4. The molecule has 1 aromatic rings. The molecule has 1 atom stereocenters. The lowest BCUT2D eigenvalue weighted by atomic mass is 10.0. The van der Waals surface area contributed by atoms with Gasteiger partial charge in [-0.15, -0.1) is 0 Å². The predicted molar refractivity (Wildman–Crippen MR) is 84.8 cm³/mol. The van der Waals surface area contributed by atoms with E-state index in [1.807, 2.05) is 6.92 Å². The number of aliphatic hydroxyl groups is 1. The molecular weight excluding hydrogens is 268 g/mol. The van der Waals surface area contributed by atoms with Gasteiger partial charge in [0.1, 0.15) is 0 Å². The van der Waals surface area contributed by atoms with Gasteiger partial charge >= 0.3 is 0 Å². The Hall–Kier alpha value is -1.63. The topological polar surface area (TPSA) is 86.2 Å². The minimum absolute atomic E-state index is 0.413. The lowest BCUT2D eigenvalue weighted by molar-refractivity contribution is 0.0695. The van der Waals surface area contributed by atoms with E-state index in [2.05, 4.69) is 30.5 Å². The molecule has 7 heteroatoms. The van der Waals surface area contributed by atoms with E-state index in [1.165, 1.54) is 19.3 Å². The van der Waals surface area contributed by atoms with E-state index in [9.17, 15) is 5.11 Å². The van der Waals surface area contributed by atoms with Crippen molar-refractivity contribution < 1.29 is 5.11 Å². The van der Waals surface area contributed by atoms with Crippen molar-refractivity contribution in [2.24, 2.45) is 0 Å². The Morgan fingerprint density at radius 1 is 1.14 bits per heavy atom. The van der Waals surface area contributed by atoms with E-state index in [1.54, 1.807) is 14.0 Å². The summed E-state index contributed by atoms with van der Waals surface area (Å²) in [6, 6.07) is 0. The summed E-state index contributed by atoms with van der Waals surface area (Å²) in [6.07, 6.45) is 4.29. The van der Waals surface area contributed by atoms with Gasteiger partial charge in [0, 0.05) is 26.7 Å². The maximum atomic E-state index is 10.1. The van der Waals surface area contributed by atoms with Gasteiger partial charge in [-0.05, 0) is 32.6 Å². The maximum Gasteiger partial charge on any atom is 0.231 e. The van der Waals surface area contributed by atoms with Crippen LogP contribution in [0.5, 0.6) is 0 Å². The zero-order valence-corrected chi connectivity index (χ0v) is 13.2. The number of hydrogen-bond donors (Lipinski definition) is 3. The SMILES string of the molecule is CCC(C)(O)CNc1nc(NC)nc(N2CCCCC2)n1. The van der Waals surface area contributed by atoms with Crippen LogP contribution in [0.15, 0.2) is 0 Å². The van der Waals surface area contributed by atoms with Crippen LogP contribution in [0.4, 0.5) is 17.8 Å². The number of hydrogen-bond acceptors (Lipinski definition) is 7. The normalized spacial score (nSPS) is 18.2. The van der Waals surface area contributed by atoms with Gasteiger partial charge in [-0.2, -0.15) is 15.0 Å². The zero-order chi connectivity index (χ0) is 15.3. The molecule has 0 aliphatic carbocycles. The molecule has 1 aliphatic heterocycles. The fraction of sp³-hybridized carbons (Fsp3) is 0.786. The Morgan fingerprint density at radius 3 is 2.43 bits per heavy atom. The third-order valence-corrected chi connectivity index (χ3v) is 3.88. The molecule has 0 saturated carbocycles. The van der Waals surface area contributed by atoms with Crippen molar-refractivity contribution in [1.29, 1.82) is 0 Å². The van der Waals surface area contributed by atoms with Crippen molar-refractivity contribution in [2.75, 3.05) is 42.2 Å². The molecule has 0 amide bonds. The summed E-state index contributed by atoms with van der Waals surface area (Å²) < 4.78 is 0. The Labute approximate surface area is 126 Å². The molecule has 1 fully saturated rings.